The van der Waals surface area contributed by atoms with E-state index in [0.29, 0.717) is 29.3 Å². The largest absolute Gasteiger partial charge is 0.396 e. The molecule has 1 nitrogen and oxygen atoms in total. The first-order chi connectivity index (χ1) is 14.3. The Morgan fingerprint density at radius 2 is 1.77 bits per heavy atom. The van der Waals surface area contributed by atoms with Crippen molar-refractivity contribution < 1.29 is 5.11 Å². The molecule has 3 saturated carbocycles. The maximum atomic E-state index is 9.62. The van der Waals surface area contributed by atoms with Crippen molar-refractivity contribution in [3.8, 4) is 0 Å². The van der Waals surface area contributed by atoms with Crippen LogP contribution in [0.4, 0.5) is 0 Å². The van der Waals surface area contributed by atoms with Gasteiger partial charge in [0.15, 0.2) is 0 Å². The first kappa shape index (κ1) is 22.9. The lowest BCUT2D eigenvalue weighted by atomic mass is 9.49. The van der Waals surface area contributed by atoms with E-state index in [4.69, 9.17) is 0 Å². The molecule has 0 radical (unpaired) electrons. The summed E-state index contributed by atoms with van der Waals surface area (Å²) in [5.74, 6) is 4.80. The second kappa shape index (κ2) is 8.92. The Kier molecular flexibility index (Phi) is 6.80. The lowest BCUT2D eigenvalue weighted by Crippen LogP contribution is -2.46. The predicted molar refractivity (Wildman–Crippen MR) is 128 cm³/mol. The van der Waals surface area contributed by atoms with Crippen LogP contribution in [0.25, 0.3) is 0 Å². The van der Waals surface area contributed by atoms with E-state index >= 15 is 0 Å². The number of hydrogen-bond acceptors (Lipinski definition) is 1. The summed E-state index contributed by atoms with van der Waals surface area (Å²) in [7, 11) is 0. The van der Waals surface area contributed by atoms with Crippen LogP contribution in [0, 0.1) is 46.3 Å². The number of allylic oxidation sites excluding steroid dienone is 2. The summed E-state index contributed by atoms with van der Waals surface area (Å²) in [5, 5.41) is 9.62. The lowest BCUT2D eigenvalue weighted by molar-refractivity contribution is 0.00913. The minimum absolute atomic E-state index is 0.353. The number of aliphatic hydroxyl groups excluding tert-OH is 1. The van der Waals surface area contributed by atoms with E-state index in [9.17, 15) is 5.11 Å². The van der Waals surface area contributed by atoms with Gasteiger partial charge in [-0.1, -0.05) is 71.4 Å². The monoisotopic (exact) mass is 414 g/mol. The lowest BCUT2D eigenvalue weighted by Gasteiger charge is -2.56. The smallest absolute Gasteiger partial charge is 0.0459 e. The van der Waals surface area contributed by atoms with Crippen molar-refractivity contribution in [1.29, 1.82) is 0 Å². The van der Waals surface area contributed by atoms with Gasteiger partial charge in [-0.3, -0.25) is 0 Å². The highest BCUT2D eigenvalue weighted by Gasteiger charge is 2.54. The Labute approximate surface area is 187 Å². The average Bonchev–Trinajstić information content (AvgIpc) is 3.10. The minimum atomic E-state index is 0.353. The van der Waals surface area contributed by atoms with Crippen LogP contribution in [-0.2, 0) is 0 Å². The topological polar surface area (TPSA) is 20.2 Å². The second-order valence-corrected chi connectivity index (χ2v) is 12.5. The van der Waals surface area contributed by atoms with Crippen LogP contribution in [0.5, 0.6) is 0 Å². The van der Waals surface area contributed by atoms with Crippen molar-refractivity contribution in [2.75, 3.05) is 6.61 Å². The molecule has 0 aromatic rings. The van der Waals surface area contributed by atoms with Crippen LogP contribution in [0.2, 0.25) is 0 Å². The fourth-order valence-corrected chi connectivity index (χ4v) is 9.20. The number of fused-ring (bicyclic) bond motifs is 4. The van der Waals surface area contributed by atoms with Crippen LogP contribution in [0.15, 0.2) is 11.1 Å². The van der Waals surface area contributed by atoms with Crippen molar-refractivity contribution in [1.82, 2.24) is 0 Å². The molecule has 1 N–H and O–H groups in total. The highest BCUT2D eigenvalue weighted by Crippen LogP contribution is 2.65. The zero-order valence-corrected chi connectivity index (χ0v) is 20.8. The molecule has 172 valence electrons. The van der Waals surface area contributed by atoms with Crippen molar-refractivity contribution in [2.45, 2.75) is 118 Å². The van der Waals surface area contributed by atoms with E-state index in [0.717, 1.165) is 23.7 Å². The third-order valence-electron chi connectivity index (χ3n) is 11.3. The molecule has 4 rings (SSSR count). The van der Waals surface area contributed by atoms with Crippen LogP contribution in [0.1, 0.15) is 118 Å². The normalized spacial score (nSPS) is 41.6. The van der Waals surface area contributed by atoms with E-state index in [2.05, 4.69) is 34.6 Å². The summed E-state index contributed by atoms with van der Waals surface area (Å²) < 4.78 is 0. The molecule has 0 aromatic heterocycles. The molecule has 30 heavy (non-hydrogen) atoms. The molecule has 4 aliphatic carbocycles. The van der Waals surface area contributed by atoms with E-state index in [1.807, 2.05) is 11.1 Å². The van der Waals surface area contributed by atoms with Gasteiger partial charge >= 0.3 is 0 Å². The Morgan fingerprint density at radius 1 is 0.967 bits per heavy atom. The maximum absolute atomic E-state index is 9.62. The van der Waals surface area contributed by atoms with Gasteiger partial charge in [0.1, 0.15) is 0 Å². The zero-order chi connectivity index (χ0) is 21.5. The summed E-state index contributed by atoms with van der Waals surface area (Å²) in [6, 6.07) is 0. The van der Waals surface area contributed by atoms with Crippen molar-refractivity contribution in [3.05, 3.63) is 11.1 Å². The minimum Gasteiger partial charge on any atom is -0.396 e. The van der Waals surface area contributed by atoms with Gasteiger partial charge in [0, 0.05) is 6.61 Å². The average molecular weight is 415 g/mol. The van der Waals surface area contributed by atoms with Crippen molar-refractivity contribution in [2.24, 2.45) is 46.3 Å². The van der Waals surface area contributed by atoms with Crippen LogP contribution in [-0.4, -0.2) is 11.7 Å². The summed E-state index contributed by atoms with van der Waals surface area (Å²) in [4.78, 5) is 0. The van der Waals surface area contributed by atoms with E-state index in [1.54, 1.807) is 0 Å². The van der Waals surface area contributed by atoms with Gasteiger partial charge < -0.3 is 5.11 Å². The van der Waals surface area contributed by atoms with Gasteiger partial charge in [0.05, 0.1) is 0 Å². The molecule has 3 unspecified atom stereocenters. The summed E-state index contributed by atoms with van der Waals surface area (Å²) in [6.07, 6.45) is 18.6. The highest BCUT2D eigenvalue weighted by atomic mass is 16.3. The van der Waals surface area contributed by atoms with Crippen LogP contribution >= 0.6 is 0 Å². The highest BCUT2D eigenvalue weighted by molar-refractivity contribution is 5.34. The number of hydrogen-bond donors (Lipinski definition) is 1. The van der Waals surface area contributed by atoms with Gasteiger partial charge in [-0.2, -0.15) is 0 Å². The van der Waals surface area contributed by atoms with Gasteiger partial charge in [-0.15, -0.1) is 0 Å². The number of aliphatic hydroxyl groups is 1. The first-order valence-electron chi connectivity index (χ1n) is 13.7. The number of rotatable bonds is 7. The van der Waals surface area contributed by atoms with Crippen LogP contribution < -0.4 is 0 Å². The molecule has 0 heterocycles. The molecule has 0 bridgehead atoms. The first-order valence-corrected chi connectivity index (χ1v) is 13.7. The molecular weight excluding hydrogens is 364 g/mol. The Morgan fingerprint density at radius 3 is 2.50 bits per heavy atom. The van der Waals surface area contributed by atoms with Crippen LogP contribution in [0.3, 0.4) is 0 Å². The van der Waals surface area contributed by atoms with Crippen molar-refractivity contribution >= 4 is 0 Å². The fraction of sp³-hybridized carbons (Fsp3) is 0.931. The molecule has 0 amide bonds. The third kappa shape index (κ3) is 3.74. The van der Waals surface area contributed by atoms with E-state index in [1.165, 1.54) is 83.5 Å². The molecule has 1 heteroatoms. The molecule has 0 aromatic carbocycles. The van der Waals surface area contributed by atoms with Gasteiger partial charge in [0.2, 0.25) is 0 Å². The Hall–Kier alpha value is -0.300. The third-order valence-corrected chi connectivity index (χ3v) is 11.3. The Balaban J connectivity index is 1.50. The van der Waals surface area contributed by atoms with E-state index < -0.39 is 0 Å². The van der Waals surface area contributed by atoms with Crippen molar-refractivity contribution in [3.63, 3.8) is 0 Å². The SMILES string of the molecule is CCC(CC[C@@H](C)[C@H]1CCC2=C3CCC4CCCC[C@]4(C)[C@H]3CC[C@@]21C)C(C)CO. The Bertz CT molecular complexity index is 634. The quantitative estimate of drug-likeness (QED) is 0.416. The predicted octanol–water partition coefficient (Wildman–Crippen LogP) is 8.17. The molecular formula is C29H50O. The standard InChI is InChI=1S/C29H50O/c1-6-22(21(3)19-30)11-10-20(2)25-14-15-26-24-13-12-23-9-7-8-17-28(23,4)27(24)16-18-29(25,26)5/h20-23,25,27,30H,6-19H2,1-5H3/t20-,21?,22?,23?,25-,27+,28+,29-/m1/s1. The van der Waals surface area contributed by atoms with Gasteiger partial charge in [-0.25, -0.2) is 0 Å². The second-order valence-electron chi connectivity index (χ2n) is 12.5. The summed E-state index contributed by atoms with van der Waals surface area (Å²) in [5.41, 5.74) is 5.04. The van der Waals surface area contributed by atoms with Gasteiger partial charge in [0.25, 0.3) is 0 Å². The fourth-order valence-electron chi connectivity index (χ4n) is 9.20. The molecule has 8 atom stereocenters. The molecule has 4 aliphatic rings. The molecule has 0 saturated heterocycles. The maximum Gasteiger partial charge on any atom is 0.0459 e. The molecule has 3 fully saturated rings. The summed E-state index contributed by atoms with van der Waals surface area (Å²) >= 11 is 0. The molecule has 0 spiro atoms. The molecule has 0 aliphatic heterocycles. The van der Waals surface area contributed by atoms with Gasteiger partial charge in [-0.05, 0) is 104 Å². The zero-order valence-electron chi connectivity index (χ0n) is 20.8. The van der Waals surface area contributed by atoms with E-state index in [-0.39, 0.29) is 0 Å². The summed E-state index contributed by atoms with van der Waals surface area (Å²) in [6.45, 7) is 12.8.